The van der Waals surface area contributed by atoms with Crippen molar-refractivity contribution in [3.05, 3.63) is 23.8 Å². The zero-order valence-electron chi connectivity index (χ0n) is 8.91. The molecule has 1 aromatic carbocycles. The summed E-state index contributed by atoms with van der Waals surface area (Å²) in [6.07, 6.45) is -3.47. The molecule has 0 saturated carbocycles. The van der Waals surface area contributed by atoms with Crippen LogP contribution >= 0.6 is 11.8 Å². The van der Waals surface area contributed by atoms with Gasteiger partial charge in [-0.2, -0.15) is 13.2 Å². The molecule has 0 spiro atoms. The summed E-state index contributed by atoms with van der Waals surface area (Å²) >= 11 is 0.773. The predicted molar refractivity (Wildman–Crippen MR) is 51.2 cm³/mol. The van der Waals surface area contributed by atoms with Gasteiger partial charge in [-0.3, -0.25) is 0 Å². The molecule has 0 aliphatic carbocycles. The summed E-state index contributed by atoms with van der Waals surface area (Å²) in [4.78, 5) is -1.40. The number of rotatable bonds is 2. The molecular formula is C8H6F3NaO3S2. The molecule has 0 unspecified atom stereocenters. The summed E-state index contributed by atoms with van der Waals surface area (Å²) in [5.74, 6) is 0. The predicted octanol–water partition coefficient (Wildman–Crippen LogP) is -0.665. The van der Waals surface area contributed by atoms with Gasteiger partial charge in [0.2, 0.25) is 0 Å². The average molecular weight is 294 g/mol. The Labute approximate surface area is 123 Å². The number of benzene rings is 1. The molecule has 0 heterocycles. The second kappa shape index (κ2) is 5.94. The molecule has 0 amide bonds. The molecule has 0 aromatic heterocycles. The van der Waals surface area contributed by atoms with Crippen LogP contribution in [-0.2, 0) is 16.3 Å². The minimum atomic E-state index is -5.15. The number of halogens is 3. The molecule has 0 aliphatic heterocycles. The van der Waals surface area contributed by atoms with Crippen LogP contribution in [0.4, 0.5) is 13.2 Å². The van der Waals surface area contributed by atoms with E-state index in [9.17, 15) is 26.1 Å². The Morgan fingerprint density at radius 2 is 1.82 bits per heavy atom. The van der Waals surface area contributed by atoms with E-state index in [4.69, 9.17) is 0 Å². The molecule has 3 nitrogen and oxygen atoms in total. The molecule has 90 valence electrons. The second-order valence-electron chi connectivity index (χ2n) is 2.79. The first-order valence-corrected chi connectivity index (χ1v) is 6.51. The van der Waals surface area contributed by atoms with E-state index in [1.54, 1.807) is 0 Å². The quantitative estimate of drug-likeness (QED) is 0.413. The number of hydrogen-bond donors (Lipinski definition) is 0. The summed E-state index contributed by atoms with van der Waals surface area (Å²) in [6, 6.07) is 2.79. The normalized spacial score (nSPS) is 12.1. The Morgan fingerprint density at radius 3 is 2.18 bits per heavy atom. The summed E-state index contributed by atoms with van der Waals surface area (Å²) in [6.45, 7) is 0. The first-order valence-electron chi connectivity index (χ1n) is 3.88. The Kier molecular flexibility index (Phi) is 6.04. The van der Waals surface area contributed by atoms with Crippen LogP contribution in [0.1, 0.15) is 5.56 Å². The third kappa shape index (κ3) is 4.15. The molecular weight excluding hydrogens is 288 g/mol. The maximum Gasteiger partial charge on any atom is 1.00 e. The molecule has 0 bridgehead atoms. The van der Waals surface area contributed by atoms with Gasteiger partial charge in [-0.15, -0.1) is 11.8 Å². The van der Waals surface area contributed by atoms with Crippen molar-refractivity contribution in [3.8, 4) is 0 Å². The first kappa shape index (κ1) is 17.3. The number of alkyl halides is 3. The Balaban J connectivity index is 0.00000256. The van der Waals surface area contributed by atoms with E-state index >= 15 is 0 Å². The first-order chi connectivity index (χ1) is 7.18. The van der Waals surface area contributed by atoms with Gasteiger partial charge in [0.25, 0.3) is 0 Å². The third-order valence-corrected chi connectivity index (χ3v) is 3.60. The van der Waals surface area contributed by atoms with Crippen LogP contribution < -0.4 is 29.6 Å². The minimum Gasteiger partial charge on any atom is -0.744 e. The van der Waals surface area contributed by atoms with Crippen LogP contribution in [0.25, 0.3) is 0 Å². The van der Waals surface area contributed by atoms with Gasteiger partial charge >= 0.3 is 35.7 Å². The van der Waals surface area contributed by atoms with E-state index < -0.39 is 26.8 Å². The second-order valence-corrected chi connectivity index (χ2v) is 4.95. The van der Waals surface area contributed by atoms with Gasteiger partial charge < -0.3 is 4.55 Å². The van der Waals surface area contributed by atoms with Crippen molar-refractivity contribution in [2.75, 3.05) is 6.26 Å². The van der Waals surface area contributed by atoms with E-state index in [0.29, 0.717) is 6.07 Å². The smallest absolute Gasteiger partial charge is 0.744 e. The fraction of sp³-hybridized carbons (Fsp3) is 0.250. The van der Waals surface area contributed by atoms with Gasteiger partial charge in [-0.05, 0) is 18.4 Å². The van der Waals surface area contributed by atoms with E-state index in [2.05, 4.69) is 0 Å². The summed E-state index contributed by atoms with van der Waals surface area (Å²) in [7, 11) is -5.15. The molecule has 0 atom stereocenters. The van der Waals surface area contributed by atoms with Gasteiger partial charge in [0, 0.05) is 4.90 Å². The number of hydrogen-bond acceptors (Lipinski definition) is 4. The van der Waals surface area contributed by atoms with Crippen molar-refractivity contribution in [2.24, 2.45) is 0 Å². The molecule has 0 aliphatic rings. The fourth-order valence-electron chi connectivity index (χ4n) is 1.16. The zero-order valence-corrected chi connectivity index (χ0v) is 12.5. The minimum absolute atomic E-state index is 0. The van der Waals surface area contributed by atoms with Crippen molar-refractivity contribution < 1.29 is 55.7 Å². The molecule has 1 rings (SSSR count). The Hall–Kier alpha value is 0.270. The van der Waals surface area contributed by atoms with Crippen molar-refractivity contribution in [2.45, 2.75) is 16.0 Å². The monoisotopic (exact) mass is 294 g/mol. The van der Waals surface area contributed by atoms with E-state index in [1.165, 1.54) is 6.26 Å². The molecule has 1 aromatic rings. The van der Waals surface area contributed by atoms with E-state index in [-0.39, 0.29) is 34.5 Å². The molecule has 17 heavy (non-hydrogen) atoms. The van der Waals surface area contributed by atoms with Gasteiger partial charge in [-0.25, -0.2) is 8.42 Å². The van der Waals surface area contributed by atoms with Gasteiger partial charge in [0.15, 0.2) is 0 Å². The van der Waals surface area contributed by atoms with Crippen molar-refractivity contribution in [1.29, 1.82) is 0 Å². The van der Waals surface area contributed by atoms with E-state index in [0.717, 1.165) is 23.9 Å². The Bertz CT molecular complexity index is 499. The van der Waals surface area contributed by atoms with Gasteiger partial charge in [-0.1, -0.05) is 6.07 Å². The van der Waals surface area contributed by atoms with Gasteiger partial charge in [0.05, 0.1) is 10.5 Å². The largest absolute Gasteiger partial charge is 1.00 e. The maximum atomic E-state index is 12.5. The van der Waals surface area contributed by atoms with Crippen LogP contribution in [-0.4, -0.2) is 19.2 Å². The third-order valence-electron chi connectivity index (χ3n) is 1.75. The summed E-state index contributed by atoms with van der Waals surface area (Å²) in [5.41, 5.74) is -1.42. The topological polar surface area (TPSA) is 57.2 Å². The van der Waals surface area contributed by atoms with Crippen LogP contribution in [0.3, 0.4) is 0 Å². The zero-order chi connectivity index (χ0) is 12.6. The molecule has 0 fully saturated rings. The van der Waals surface area contributed by atoms with Crippen LogP contribution in [0.2, 0.25) is 0 Å². The average Bonchev–Trinajstić information content (AvgIpc) is 2.13. The van der Waals surface area contributed by atoms with Crippen molar-refractivity contribution >= 4 is 21.9 Å². The van der Waals surface area contributed by atoms with E-state index in [1.807, 2.05) is 0 Å². The SMILES string of the molecule is CSc1cccc(C(F)(F)F)c1S(=O)(=O)[O-].[Na+]. The molecule has 0 radical (unpaired) electrons. The van der Waals surface area contributed by atoms with Crippen LogP contribution in [0, 0.1) is 0 Å². The maximum absolute atomic E-state index is 12.5. The van der Waals surface area contributed by atoms with Gasteiger partial charge in [0.1, 0.15) is 10.1 Å². The number of thioether (sulfide) groups is 1. The summed E-state index contributed by atoms with van der Waals surface area (Å²) in [5, 5.41) is 0. The Morgan fingerprint density at radius 1 is 1.29 bits per heavy atom. The molecule has 0 N–H and O–H groups in total. The molecule has 0 saturated heterocycles. The standard InChI is InChI=1S/C8H7F3O3S2.Na/c1-15-6-4-2-3-5(8(9,10)11)7(6)16(12,13)14;/h2-4H,1H3,(H,12,13,14);/q;+1/p-1. The van der Waals surface area contributed by atoms with Crippen molar-refractivity contribution in [1.82, 2.24) is 0 Å². The molecule has 9 heteroatoms. The van der Waals surface area contributed by atoms with Crippen LogP contribution in [0.15, 0.2) is 28.0 Å². The van der Waals surface area contributed by atoms with Crippen LogP contribution in [0.5, 0.6) is 0 Å². The fourth-order valence-corrected chi connectivity index (χ4v) is 2.99. The van der Waals surface area contributed by atoms with Crippen molar-refractivity contribution in [3.63, 3.8) is 0 Å². The summed E-state index contributed by atoms with van der Waals surface area (Å²) < 4.78 is 69.9.